The number of nitrogens with one attached hydrogen (secondary N) is 2. The molecule has 0 saturated heterocycles. The Morgan fingerprint density at radius 3 is 2.70 bits per heavy atom. The Hall–Kier alpha value is -3.82. The Morgan fingerprint density at radius 2 is 1.96 bits per heavy atom. The molecule has 10 nitrogen and oxygen atoms in total. The number of nitro benzene ring substituents is 1. The zero-order valence-electron chi connectivity index (χ0n) is 14.2. The van der Waals surface area contributed by atoms with Gasteiger partial charge in [-0.05, 0) is 31.2 Å². The maximum absolute atomic E-state index is 11.9. The number of carbonyl (C=O) groups is 2. The molecule has 1 aliphatic rings. The molecule has 0 radical (unpaired) electrons. The molecule has 0 bridgehead atoms. The smallest absolute Gasteiger partial charge is 0.325 e. The van der Waals surface area contributed by atoms with Crippen molar-refractivity contribution < 1.29 is 28.7 Å². The highest BCUT2D eigenvalue weighted by molar-refractivity contribution is 6.01. The van der Waals surface area contributed by atoms with Crippen LogP contribution in [0.2, 0.25) is 0 Å². The molecule has 0 fully saturated rings. The Morgan fingerprint density at radius 1 is 1.19 bits per heavy atom. The molecular formula is C17H15N3O7. The van der Waals surface area contributed by atoms with Gasteiger partial charge in [0.15, 0.2) is 18.1 Å². The van der Waals surface area contributed by atoms with E-state index in [1.807, 2.05) is 0 Å². The Kier molecular flexibility index (Phi) is 5.06. The lowest BCUT2D eigenvalue weighted by molar-refractivity contribution is -0.385. The first kappa shape index (κ1) is 18.0. The molecular weight excluding hydrogens is 358 g/mol. The van der Waals surface area contributed by atoms with Crippen LogP contribution < -0.4 is 24.8 Å². The summed E-state index contributed by atoms with van der Waals surface area (Å²) in [6, 6.07) is 8.19. The SMILES string of the molecule is Cc1cc(OCC(=O)NC(=O)Nc2ccc3c(c2)OCO3)ccc1[N+](=O)[O-]. The van der Waals surface area contributed by atoms with Crippen molar-refractivity contribution in [1.82, 2.24) is 5.32 Å². The van der Waals surface area contributed by atoms with E-state index in [1.54, 1.807) is 25.1 Å². The molecule has 0 spiro atoms. The average molecular weight is 373 g/mol. The minimum atomic E-state index is -0.734. The normalized spacial score (nSPS) is 11.6. The second-order valence-electron chi connectivity index (χ2n) is 5.56. The fourth-order valence-corrected chi connectivity index (χ4v) is 2.37. The van der Waals surface area contributed by atoms with Crippen LogP contribution in [0.15, 0.2) is 36.4 Å². The van der Waals surface area contributed by atoms with Gasteiger partial charge in [-0.1, -0.05) is 0 Å². The molecule has 0 unspecified atom stereocenters. The third kappa shape index (κ3) is 4.42. The number of anilines is 1. The van der Waals surface area contributed by atoms with Gasteiger partial charge >= 0.3 is 6.03 Å². The van der Waals surface area contributed by atoms with Crippen LogP contribution in [0.4, 0.5) is 16.2 Å². The number of amides is 3. The number of benzene rings is 2. The molecule has 0 saturated carbocycles. The number of imide groups is 1. The van der Waals surface area contributed by atoms with Crippen LogP contribution in [0.1, 0.15) is 5.56 Å². The molecule has 0 aromatic heterocycles. The molecule has 2 N–H and O–H groups in total. The number of hydrogen-bond donors (Lipinski definition) is 2. The minimum Gasteiger partial charge on any atom is -0.484 e. The van der Waals surface area contributed by atoms with Crippen molar-refractivity contribution in [3.63, 3.8) is 0 Å². The highest BCUT2D eigenvalue weighted by Gasteiger charge is 2.15. The Balaban J connectivity index is 1.49. The molecule has 10 heteroatoms. The van der Waals surface area contributed by atoms with Crippen LogP contribution in [0.3, 0.4) is 0 Å². The van der Waals surface area contributed by atoms with Crippen molar-refractivity contribution >= 4 is 23.3 Å². The molecule has 0 atom stereocenters. The van der Waals surface area contributed by atoms with Gasteiger partial charge in [-0.15, -0.1) is 0 Å². The van der Waals surface area contributed by atoms with Crippen molar-refractivity contribution in [3.05, 3.63) is 52.1 Å². The lowest BCUT2D eigenvalue weighted by atomic mass is 10.2. The molecule has 2 aromatic carbocycles. The molecule has 3 amide bonds. The molecule has 1 heterocycles. The molecule has 2 aromatic rings. The molecule has 140 valence electrons. The number of ether oxygens (including phenoxy) is 3. The van der Waals surface area contributed by atoms with Gasteiger partial charge in [0.05, 0.1) is 4.92 Å². The topological polar surface area (TPSA) is 129 Å². The van der Waals surface area contributed by atoms with E-state index in [2.05, 4.69) is 10.6 Å². The number of rotatable bonds is 5. The highest BCUT2D eigenvalue weighted by atomic mass is 16.7. The van der Waals surface area contributed by atoms with Gasteiger partial charge in [0.1, 0.15) is 5.75 Å². The number of carbonyl (C=O) groups excluding carboxylic acids is 2. The lowest BCUT2D eigenvalue weighted by Crippen LogP contribution is -2.37. The molecule has 0 aliphatic carbocycles. The lowest BCUT2D eigenvalue weighted by Gasteiger charge is -2.09. The number of nitrogens with zero attached hydrogens (tertiary/aromatic N) is 1. The van der Waals surface area contributed by atoms with Crippen molar-refractivity contribution in [3.8, 4) is 17.2 Å². The van der Waals surface area contributed by atoms with Crippen LogP contribution in [-0.2, 0) is 4.79 Å². The maximum atomic E-state index is 11.9. The summed E-state index contributed by atoms with van der Waals surface area (Å²) < 4.78 is 15.6. The van der Waals surface area contributed by atoms with Crippen LogP contribution >= 0.6 is 0 Å². The molecule has 27 heavy (non-hydrogen) atoms. The van der Waals surface area contributed by atoms with Gasteiger partial charge in [0, 0.05) is 23.4 Å². The van der Waals surface area contributed by atoms with E-state index in [4.69, 9.17) is 14.2 Å². The van der Waals surface area contributed by atoms with Gasteiger partial charge in [0.25, 0.3) is 11.6 Å². The largest absolute Gasteiger partial charge is 0.484 e. The first-order valence-corrected chi connectivity index (χ1v) is 7.81. The summed E-state index contributed by atoms with van der Waals surface area (Å²) in [6.07, 6.45) is 0. The summed E-state index contributed by atoms with van der Waals surface area (Å²) in [7, 11) is 0. The maximum Gasteiger partial charge on any atom is 0.325 e. The zero-order chi connectivity index (χ0) is 19.4. The van der Waals surface area contributed by atoms with E-state index >= 15 is 0 Å². The number of fused-ring (bicyclic) bond motifs is 1. The highest BCUT2D eigenvalue weighted by Crippen LogP contribution is 2.34. The monoisotopic (exact) mass is 373 g/mol. The summed E-state index contributed by atoms with van der Waals surface area (Å²) in [5.41, 5.74) is 0.782. The first-order valence-electron chi connectivity index (χ1n) is 7.81. The Labute approximate surface area is 153 Å². The number of hydrogen-bond acceptors (Lipinski definition) is 7. The molecule has 1 aliphatic heterocycles. The molecule has 3 rings (SSSR count). The standard InChI is InChI=1S/C17H15N3O7/c1-10-6-12(3-4-13(10)20(23)24)25-8-16(21)19-17(22)18-11-2-5-14-15(7-11)27-9-26-14/h2-7H,8-9H2,1H3,(H2,18,19,21,22). The van der Waals surface area contributed by atoms with Gasteiger partial charge in [0.2, 0.25) is 6.79 Å². The van der Waals surface area contributed by atoms with E-state index in [9.17, 15) is 19.7 Å². The van der Waals surface area contributed by atoms with E-state index in [1.165, 1.54) is 18.2 Å². The fraction of sp³-hybridized carbons (Fsp3) is 0.176. The van der Waals surface area contributed by atoms with Gasteiger partial charge in [-0.2, -0.15) is 0 Å². The summed E-state index contributed by atoms with van der Waals surface area (Å²) in [6.45, 7) is 1.25. The van der Waals surface area contributed by atoms with Crippen LogP contribution in [0.25, 0.3) is 0 Å². The van der Waals surface area contributed by atoms with Gasteiger partial charge < -0.3 is 19.5 Å². The second-order valence-corrected chi connectivity index (χ2v) is 5.56. The van der Waals surface area contributed by atoms with E-state index < -0.39 is 23.5 Å². The van der Waals surface area contributed by atoms with Gasteiger partial charge in [-0.3, -0.25) is 20.2 Å². The second kappa shape index (κ2) is 7.60. The van der Waals surface area contributed by atoms with Crippen molar-refractivity contribution in [2.45, 2.75) is 6.92 Å². The van der Waals surface area contributed by atoms with Crippen LogP contribution in [-0.4, -0.2) is 30.3 Å². The van der Waals surface area contributed by atoms with Crippen molar-refractivity contribution in [1.29, 1.82) is 0 Å². The first-order chi connectivity index (χ1) is 12.9. The number of urea groups is 1. The minimum absolute atomic E-state index is 0.0464. The summed E-state index contributed by atoms with van der Waals surface area (Å²) in [5.74, 6) is 0.675. The number of nitro groups is 1. The summed E-state index contributed by atoms with van der Waals surface area (Å²) >= 11 is 0. The van der Waals surface area contributed by atoms with Crippen LogP contribution in [0.5, 0.6) is 17.2 Å². The van der Waals surface area contributed by atoms with E-state index in [0.717, 1.165) is 0 Å². The van der Waals surface area contributed by atoms with Crippen molar-refractivity contribution in [2.24, 2.45) is 0 Å². The summed E-state index contributed by atoms with van der Waals surface area (Å²) in [4.78, 5) is 33.9. The average Bonchev–Trinajstić information content (AvgIpc) is 3.07. The fourth-order valence-electron chi connectivity index (χ4n) is 2.37. The summed E-state index contributed by atoms with van der Waals surface area (Å²) in [5, 5.41) is 15.4. The third-order valence-corrected chi connectivity index (χ3v) is 3.62. The predicted molar refractivity (Wildman–Crippen MR) is 93.1 cm³/mol. The third-order valence-electron chi connectivity index (χ3n) is 3.62. The Bertz CT molecular complexity index is 913. The number of aryl methyl sites for hydroxylation is 1. The van der Waals surface area contributed by atoms with Crippen LogP contribution in [0, 0.1) is 17.0 Å². The zero-order valence-corrected chi connectivity index (χ0v) is 14.2. The van der Waals surface area contributed by atoms with Crippen molar-refractivity contribution in [2.75, 3.05) is 18.7 Å². The predicted octanol–water partition coefficient (Wildman–Crippen LogP) is 2.36. The van der Waals surface area contributed by atoms with E-state index in [-0.39, 0.29) is 18.2 Å². The van der Waals surface area contributed by atoms with E-state index in [0.29, 0.717) is 22.7 Å². The van der Waals surface area contributed by atoms with Gasteiger partial charge in [-0.25, -0.2) is 4.79 Å². The quantitative estimate of drug-likeness (QED) is 0.608.